The minimum Gasteiger partial charge on any atom is -0.377 e. The van der Waals surface area contributed by atoms with Gasteiger partial charge in [-0.15, -0.1) is 0 Å². The Kier molecular flexibility index (Phi) is 5.64. The van der Waals surface area contributed by atoms with Crippen LogP contribution in [-0.2, 0) is 6.18 Å². The van der Waals surface area contributed by atoms with Gasteiger partial charge >= 0.3 is 6.18 Å². The highest BCUT2D eigenvalue weighted by atomic mass is 19.4. The Hall–Kier alpha value is -3.17. The summed E-state index contributed by atoms with van der Waals surface area (Å²) >= 11 is 0. The minimum atomic E-state index is -4.49. The van der Waals surface area contributed by atoms with Gasteiger partial charge < -0.3 is 15.1 Å². The first-order valence-electron chi connectivity index (χ1n) is 12.7. The van der Waals surface area contributed by atoms with Crippen LogP contribution in [0.4, 0.5) is 30.4 Å². The number of alkyl halides is 3. The van der Waals surface area contributed by atoms with Crippen LogP contribution in [-0.4, -0.2) is 42.2 Å². The summed E-state index contributed by atoms with van der Waals surface area (Å²) in [7, 11) is 0. The fraction of sp³-hybridized carbons (Fsp3) is 0.538. The van der Waals surface area contributed by atoms with Gasteiger partial charge in [0.25, 0.3) is 10.9 Å². The molecule has 0 unspecified atom stereocenters. The van der Waals surface area contributed by atoms with Crippen molar-refractivity contribution < 1.29 is 13.2 Å². The molecular formula is C26H28F3N5O2. The fourth-order valence-electron chi connectivity index (χ4n) is 5.20. The zero-order chi connectivity index (χ0) is 25.0. The van der Waals surface area contributed by atoms with Crippen LogP contribution >= 0.6 is 0 Å². The molecule has 3 aromatic rings. The number of nitrogens with one attached hydrogen (secondary N) is 1. The second-order valence-electron chi connectivity index (χ2n) is 10.5. The lowest BCUT2D eigenvalue weighted by Gasteiger charge is -2.37. The summed E-state index contributed by atoms with van der Waals surface area (Å²) in [6.45, 7) is 2.97. The van der Waals surface area contributed by atoms with Gasteiger partial charge in [-0.2, -0.15) is 13.2 Å². The highest BCUT2D eigenvalue weighted by molar-refractivity contribution is 5.89. The van der Waals surface area contributed by atoms with E-state index in [2.05, 4.69) is 25.1 Å². The summed E-state index contributed by atoms with van der Waals surface area (Å²) in [6, 6.07) is 4.28. The van der Waals surface area contributed by atoms with Crippen molar-refractivity contribution in [2.75, 3.05) is 41.3 Å². The Morgan fingerprint density at radius 2 is 1.64 bits per heavy atom. The first kappa shape index (κ1) is 23.2. The van der Waals surface area contributed by atoms with E-state index >= 15 is 0 Å². The van der Waals surface area contributed by atoms with Gasteiger partial charge in [0.15, 0.2) is 0 Å². The van der Waals surface area contributed by atoms with Gasteiger partial charge in [0.2, 0.25) is 0 Å². The fourth-order valence-corrected chi connectivity index (χ4v) is 5.20. The smallest absolute Gasteiger partial charge is 0.377 e. The van der Waals surface area contributed by atoms with E-state index in [1.54, 1.807) is 0 Å². The molecule has 6 rings (SSSR count). The average molecular weight is 500 g/mol. The van der Waals surface area contributed by atoms with Gasteiger partial charge in [0, 0.05) is 43.8 Å². The van der Waals surface area contributed by atoms with Gasteiger partial charge in [-0.25, -0.2) is 9.97 Å². The van der Waals surface area contributed by atoms with Crippen molar-refractivity contribution in [1.82, 2.24) is 9.97 Å². The molecule has 36 heavy (non-hydrogen) atoms. The van der Waals surface area contributed by atoms with E-state index in [9.17, 15) is 22.8 Å². The number of pyridine rings is 2. The maximum absolute atomic E-state index is 13.1. The molecule has 0 amide bonds. The molecule has 1 saturated heterocycles. The molecule has 2 saturated carbocycles. The van der Waals surface area contributed by atoms with Gasteiger partial charge in [-0.3, -0.25) is 9.59 Å². The third-order valence-corrected chi connectivity index (χ3v) is 7.58. The van der Waals surface area contributed by atoms with Crippen molar-refractivity contribution in [3.05, 3.63) is 50.5 Å². The normalized spacial score (nSPS) is 19.2. The number of piperidine rings is 1. The molecule has 3 heterocycles. The van der Waals surface area contributed by atoms with Crippen LogP contribution < -0.4 is 26.0 Å². The summed E-state index contributed by atoms with van der Waals surface area (Å²) in [5.41, 5.74) is -0.313. The molecule has 0 bridgehead atoms. The van der Waals surface area contributed by atoms with E-state index in [-0.39, 0.29) is 10.9 Å². The second kappa shape index (κ2) is 8.74. The molecule has 3 aliphatic rings. The monoisotopic (exact) mass is 499 g/mol. The number of anilines is 3. The standard InChI is InChI=1S/C26H28F3N5O2/c27-26(28,29)20-6-5-18-19(32-20)7-10-30-25(18)33-11-8-16(9-12-33)14-34(13-15-1-2-15)22-21(23(35)24(22)36)31-17-3-4-17/h5-7,10,15-17,31H,1-4,8-9,11-14H2. The van der Waals surface area contributed by atoms with Crippen LogP contribution in [0.1, 0.15) is 44.2 Å². The number of halogens is 3. The number of hydrogen-bond acceptors (Lipinski definition) is 7. The predicted molar refractivity (Wildman–Crippen MR) is 132 cm³/mol. The molecular weight excluding hydrogens is 471 g/mol. The number of nitrogens with zero attached hydrogens (tertiary/aromatic N) is 4. The van der Waals surface area contributed by atoms with Gasteiger partial charge in [-0.1, -0.05) is 0 Å². The van der Waals surface area contributed by atoms with Gasteiger partial charge in [-0.05, 0) is 68.6 Å². The topological polar surface area (TPSA) is 78.4 Å². The van der Waals surface area contributed by atoms with E-state index < -0.39 is 17.3 Å². The summed E-state index contributed by atoms with van der Waals surface area (Å²) in [5.74, 6) is 1.58. The summed E-state index contributed by atoms with van der Waals surface area (Å²) in [4.78, 5) is 37.3. The number of rotatable bonds is 8. The van der Waals surface area contributed by atoms with Crippen LogP contribution in [0.2, 0.25) is 0 Å². The number of hydrogen-bond donors (Lipinski definition) is 1. The van der Waals surface area contributed by atoms with Gasteiger partial charge in [0.1, 0.15) is 22.9 Å². The number of fused-ring (bicyclic) bond motifs is 1. The van der Waals surface area contributed by atoms with Crippen molar-refractivity contribution >= 4 is 28.1 Å². The Labute approximate surface area is 206 Å². The number of aromatic nitrogens is 2. The maximum Gasteiger partial charge on any atom is 0.433 e. The Morgan fingerprint density at radius 3 is 2.28 bits per heavy atom. The first-order valence-corrected chi connectivity index (χ1v) is 12.7. The zero-order valence-corrected chi connectivity index (χ0v) is 19.9. The molecule has 1 N–H and O–H groups in total. The van der Waals surface area contributed by atoms with Crippen molar-refractivity contribution in [1.29, 1.82) is 0 Å². The SMILES string of the molecule is O=c1c(NC2CC2)c(N(CC2CC2)CC2CCN(c3nccc4nc(C(F)(F)F)ccc34)CC2)c1=O. The van der Waals surface area contributed by atoms with E-state index in [4.69, 9.17) is 0 Å². The Morgan fingerprint density at radius 1 is 0.944 bits per heavy atom. The van der Waals surface area contributed by atoms with E-state index in [1.165, 1.54) is 18.3 Å². The summed E-state index contributed by atoms with van der Waals surface area (Å²) in [5, 5.41) is 3.88. The van der Waals surface area contributed by atoms with E-state index in [0.29, 0.717) is 53.5 Å². The molecule has 190 valence electrons. The molecule has 2 aliphatic carbocycles. The third kappa shape index (κ3) is 4.53. The lowest BCUT2D eigenvalue weighted by molar-refractivity contribution is -0.140. The van der Waals surface area contributed by atoms with Crippen molar-refractivity contribution in [3.63, 3.8) is 0 Å². The zero-order valence-electron chi connectivity index (χ0n) is 19.9. The van der Waals surface area contributed by atoms with Crippen LogP contribution in [0.15, 0.2) is 34.0 Å². The van der Waals surface area contributed by atoms with Crippen LogP contribution in [0.3, 0.4) is 0 Å². The molecule has 0 spiro atoms. The van der Waals surface area contributed by atoms with Crippen molar-refractivity contribution in [3.8, 4) is 0 Å². The minimum absolute atomic E-state index is 0.281. The molecule has 1 aromatic carbocycles. The lowest BCUT2D eigenvalue weighted by atomic mass is 9.95. The summed E-state index contributed by atoms with van der Waals surface area (Å²) < 4.78 is 39.3. The first-order chi connectivity index (χ1) is 17.3. The van der Waals surface area contributed by atoms with Crippen molar-refractivity contribution in [2.45, 2.75) is 50.7 Å². The molecule has 10 heteroatoms. The average Bonchev–Trinajstić information content (AvgIpc) is 3.79. The molecule has 7 nitrogen and oxygen atoms in total. The lowest BCUT2D eigenvalue weighted by Crippen LogP contribution is -2.46. The third-order valence-electron chi connectivity index (χ3n) is 7.58. The Bertz CT molecular complexity index is 1350. The largest absolute Gasteiger partial charge is 0.433 e. The van der Waals surface area contributed by atoms with Crippen LogP contribution in [0.5, 0.6) is 0 Å². The molecule has 2 aromatic heterocycles. The van der Waals surface area contributed by atoms with Crippen molar-refractivity contribution in [2.24, 2.45) is 11.8 Å². The highest BCUT2D eigenvalue weighted by Crippen LogP contribution is 2.36. The van der Waals surface area contributed by atoms with E-state index in [0.717, 1.165) is 57.7 Å². The van der Waals surface area contributed by atoms with Crippen LogP contribution in [0.25, 0.3) is 10.9 Å². The molecule has 1 aliphatic heterocycles. The van der Waals surface area contributed by atoms with Crippen LogP contribution in [0, 0.1) is 11.8 Å². The van der Waals surface area contributed by atoms with E-state index in [1.807, 2.05) is 0 Å². The quantitative estimate of drug-likeness (QED) is 0.470. The van der Waals surface area contributed by atoms with Gasteiger partial charge in [0.05, 0.1) is 5.52 Å². The summed E-state index contributed by atoms with van der Waals surface area (Å²) in [6.07, 6.45) is 3.15. The second-order valence-corrected chi connectivity index (χ2v) is 10.5. The molecule has 0 radical (unpaired) electrons. The highest BCUT2D eigenvalue weighted by Gasteiger charge is 2.36. The molecule has 3 fully saturated rings. The maximum atomic E-state index is 13.1. The predicted octanol–water partition coefficient (Wildman–Crippen LogP) is 3.95. The molecule has 0 atom stereocenters. The Balaban J connectivity index is 1.16.